The molecule has 3 saturated heterocycles. The number of anilines is 1. The third-order valence-corrected chi connectivity index (χ3v) is 10.0. The molecule has 0 radical (unpaired) electrons. The Hall–Kier alpha value is -5.32. The molecule has 0 bridgehead atoms. The van der Waals surface area contributed by atoms with Crippen LogP contribution in [0.3, 0.4) is 0 Å². The summed E-state index contributed by atoms with van der Waals surface area (Å²) in [6.07, 6.45) is 0.912. The maximum absolute atomic E-state index is 14.2. The third-order valence-electron chi connectivity index (χ3n) is 9.76. The van der Waals surface area contributed by atoms with Gasteiger partial charge in [-0.05, 0) is 81.5 Å². The van der Waals surface area contributed by atoms with Gasteiger partial charge < -0.3 is 40.7 Å². The van der Waals surface area contributed by atoms with E-state index in [0.717, 1.165) is 12.1 Å². The minimum Gasteiger partial charge on any atom is -0.461 e. The number of likely N-dealkylation sites (N-methyl/N-ethyl adjacent to an activating group) is 1. The summed E-state index contributed by atoms with van der Waals surface area (Å²) in [6, 6.07) is 0.484. The zero-order valence-corrected chi connectivity index (χ0v) is 30.7. The van der Waals surface area contributed by atoms with E-state index in [1.54, 1.807) is 0 Å². The molecule has 0 saturated carbocycles. The molecule has 18 heteroatoms. The van der Waals surface area contributed by atoms with E-state index in [9.17, 15) is 42.3 Å². The number of benzene rings is 2. The predicted octanol–water partition coefficient (Wildman–Crippen LogP) is 1.73. The summed E-state index contributed by atoms with van der Waals surface area (Å²) in [4.78, 5) is 98.8. The van der Waals surface area contributed by atoms with Gasteiger partial charge >= 0.3 is 12.0 Å². The lowest BCUT2D eigenvalue weighted by Gasteiger charge is -2.34. The van der Waals surface area contributed by atoms with Crippen LogP contribution in [0.25, 0.3) is 0 Å². The Balaban J connectivity index is 1.45. The zero-order valence-electron chi connectivity index (χ0n) is 29.9. The summed E-state index contributed by atoms with van der Waals surface area (Å²) < 4.78 is 33.9. The van der Waals surface area contributed by atoms with E-state index in [4.69, 9.17) is 16.3 Å². The summed E-state index contributed by atoms with van der Waals surface area (Å²) in [6.45, 7) is 2.54. The number of hydrogen-bond donors (Lipinski definition) is 4. The second-order valence-electron chi connectivity index (χ2n) is 13.6. The lowest BCUT2D eigenvalue weighted by Crippen LogP contribution is -2.60. The molecule has 5 rings (SSSR count). The van der Waals surface area contributed by atoms with Crippen LogP contribution in [-0.4, -0.2) is 119 Å². The van der Waals surface area contributed by atoms with E-state index >= 15 is 0 Å². The van der Waals surface area contributed by atoms with Crippen LogP contribution in [0.1, 0.15) is 45.1 Å². The van der Waals surface area contributed by atoms with Gasteiger partial charge in [-0.2, -0.15) is 0 Å². The number of halogens is 3. The van der Waals surface area contributed by atoms with Crippen LogP contribution in [0.15, 0.2) is 42.5 Å². The van der Waals surface area contributed by atoms with Crippen LogP contribution in [0.2, 0.25) is 5.02 Å². The number of ether oxygens (including phenoxy) is 1. The molecule has 1 unspecified atom stereocenters. The summed E-state index contributed by atoms with van der Waals surface area (Å²) in [5.74, 6) is -6.21. The monoisotopic (exact) mass is 773 g/mol. The number of carbonyl (C=O) groups is 7. The van der Waals surface area contributed by atoms with Gasteiger partial charge in [-0.3, -0.25) is 24.0 Å². The Morgan fingerprint density at radius 3 is 2.17 bits per heavy atom. The summed E-state index contributed by atoms with van der Waals surface area (Å²) >= 11 is 5.93. The molecular formula is C36H42ClF2N7O8. The maximum atomic E-state index is 14.2. The molecule has 3 aliphatic rings. The Kier molecular flexibility index (Phi) is 12.7. The fourth-order valence-corrected chi connectivity index (χ4v) is 6.88. The van der Waals surface area contributed by atoms with Gasteiger partial charge in [0.1, 0.15) is 54.5 Å². The van der Waals surface area contributed by atoms with E-state index in [0.29, 0.717) is 29.6 Å². The van der Waals surface area contributed by atoms with Gasteiger partial charge in [0.15, 0.2) is 0 Å². The van der Waals surface area contributed by atoms with Crippen LogP contribution in [0.4, 0.5) is 19.3 Å². The molecule has 4 N–H and O–H groups in total. The quantitative estimate of drug-likeness (QED) is 0.320. The molecule has 54 heavy (non-hydrogen) atoms. The summed E-state index contributed by atoms with van der Waals surface area (Å²) in [7, 11) is 1.40. The molecule has 15 nitrogen and oxygen atoms in total. The first kappa shape index (κ1) is 39.9. The van der Waals surface area contributed by atoms with Gasteiger partial charge in [0.25, 0.3) is 0 Å². The SMILES string of the molecule is C[C@@H]1NC(=O)[C@H](C)N(C)C(=O)[C@@H]2CCCN2C(=O)C(NC(=O)[C@H](Cc2cc(F)cc(F)c2)NC(=O)Nc2ccc(Cl)cc2)COC(=O)[C@@H]2CCCN2C1=O. The summed E-state index contributed by atoms with van der Waals surface area (Å²) in [5, 5.41) is 10.5. The third kappa shape index (κ3) is 9.42. The van der Waals surface area contributed by atoms with E-state index in [-0.39, 0.29) is 31.5 Å². The predicted molar refractivity (Wildman–Crippen MR) is 190 cm³/mol. The van der Waals surface area contributed by atoms with Gasteiger partial charge in [-0.1, -0.05) is 11.6 Å². The van der Waals surface area contributed by atoms with E-state index < -0.39 is 102 Å². The molecule has 3 aliphatic heterocycles. The number of cyclic esters (lactones) is 1. The Labute approximate surface area is 315 Å². The molecule has 2 aromatic carbocycles. The van der Waals surface area contributed by atoms with Crippen molar-refractivity contribution in [3.8, 4) is 0 Å². The van der Waals surface area contributed by atoms with Crippen LogP contribution in [0.5, 0.6) is 0 Å². The van der Waals surface area contributed by atoms with Gasteiger partial charge in [-0.15, -0.1) is 0 Å². The lowest BCUT2D eigenvalue weighted by molar-refractivity contribution is -0.157. The molecule has 0 aliphatic carbocycles. The number of fused-ring (bicyclic) bond motifs is 2. The van der Waals surface area contributed by atoms with Crippen molar-refractivity contribution in [1.29, 1.82) is 0 Å². The van der Waals surface area contributed by atoms with Crippen molar-refractivity contribution in [2.45, 2.75) is 82.2 Å². The average Bonchev–Trinajstić information content (AvgIpc) is 3.82. The van der Waals surface area contributed by atoms with E-state index in [2.05, 4.69) is 21.3 Å². The number of hydrogen-bond acceptors (Lipinski definition) is 8. The minimum atomic E-state index is -1.61. The highest BCUT2D eigenvalue weighted by Gasteiger charge is 2.43. The van der Waals surface area contributed by atoms with Crippen molar-refractivity contribution in [3.63, 3.8) is 0 Å². The number of urea groups is 1. The fourth-order valence-electron chi connectivity index (χ4n) is 6.75. The van der Waals surface area contributed by atoms with Gasteiger partial charge in [0.05, 0.1) is 0 Å². The lowest BCUT2D eigenvalue weighted by atomic mass is 10.0. The van der Waals surface area contributed by atoms with E-state index in [1.165, 1.54) is 59.9 Å². The minimum absolute atomic E-state index is 0.00167. The van der Waals surface area contributed by atoms with Crippen molar-refractivity contribution in [2.24, 2.45) is 0 Å². The first-order valence-corrected chi connectivity index (χ1v) is 17.9. The van der Waals surface area contributed by atoms with Crippen molar-refractivity contribution in [2.75, 3.05) is 32.1 Å². The number of nitrogens with zero attached hydrogens (tertiary/aromatic N) is 3. The zero-order chi connectivity index (χ0) is 39.3. The van der Waals surface area contributed by atoms with Crippen LogP contribution in [-0.2, 0) is 39.9 Å². The highest BCUT2D eigenvalue weighted by Crippen LogP contribution is 2.24. The number of esters is 1. The Bertz CT molecular complexity index is 1780. The van der Waals surface area contributed by atoms with Gasteiger partial charge in [0.2, 0.25) is 29.5 Å². The first-order valence-electron chi connectivity index (χ1n) is 17.6. The van der Waals surface area contributed by atoms with Crippen LogP contribution in [0, 0.1) is 11.6 Å². The normalized spacial score (nSPS) is 24.7. The second-order valence-corrected chi connectivity index (χ2v) is 14.0. The van der Waals surface area contributed by atoms with Crippen molar-refractivity contribution < 1.29 is 47.1 Å². The highest BCUT2D eigenvalue weighted by atomic mass is 35.5. The number of nitrogens with one attached hydrogen (secondary N) is 4. The highest BCUT2D eigenvalue weighted by molar-refractivity contribution is 6.30. The van der Waals surface area contributed by atoms with Crippen LogP contribution < -0.4 is 21.3 Å². The van der Waals surface area contributed by atoms with Crippen molar-refractivity contribution >= 4 is 58.8 Å². The average molecular weight is 774 g/mol. The molecule has 290 valence electrons. The molecule has 2 aromatic rings. The second kappa shape index (κ2) is 17.2. The standard InChI is InChI=1S/C36H42ClF2N7O8/c1-19-32(49)46-13-5-7-29(46)35(52)54-18-27(33(50)45-12-4-6-28(45)34(51)44(3)20(2)30(47)40-19)42-31(48)26(16-21-14-23(38)17-24(39)15-21)43-36(53)41-25-10-8-22(37)9-11-25/h8-11,14-15,17,19-20,26-29H,4-7,12-13,16,18H2,1-3H3,(H,40,47)(H,42,48)(H2,41,43,53)/t19-,20-,26-,27?,28-,29-/m0/s1. The van der Waals surface area contributed by atoms with E-state index in [1.807, 2.05) is 0 Å². The topological polar surface area (TPSA) is 187 Å². The maximum Gasteiger partial charge on any atom is 0.328 e. The molecule has 7 amide bonds. The summed E-state index contributed by atoms with van der Waals surface area (Å²) in [5.41, 5.74) is 0.310. The molecule has 6 atom stereocenters. The van der Waals surface area contributed by atoms with Crippen molar-refractivity contribution in [3.05, 3.63) is 64.7 Å². The number of amides is 7. The number of carbonyl (C=O) groups excluding carboxylic acids is 7. The first-order chi connectivity index (χ1) is 25.6. The molecule has 3 heterocycles. The van der Waals surface area contributed by atoms with Crippen LogP contribution >= 0.6 is 11.6 Å². The van der Waals surface area contributed by atoms with Gasteiger partial charge in [-0.25, -0.2) is 18.4 Å². The molecule has 3 fully saturated rings. The molecule has 0 aromatic heterocycles. The van der Waals surface area contributed by atoms with Crippen molar-refractivity contribution in [1.82, 2.24) is 30.7 Å². The largest absolute Gasteiger partial charge is 0.461 e. The Morgan fingerprint density at radius 1 is 0.907 bits per heavy atom. The van der Waals surface area contributed by atoms with Gasteiger partial charge in [0, 0.05) is 43.3 Å². The fraction of sp³-hybridized carbons (Fsp3) is 0.472. The Morgan fingerprint density at radius 2 is 1.52 bits per heavy atom. The smallest absolute Gasteiger partial charge is 0.328 e. The number of rotatable bonds is 6. The molecule has 0 spiro atoms. The molecular weight excluding hydrogens is 732 g/mol.